The number of hydrogen-bond acceptors (Lipinski definition) is 3. The molecule has 0 spiro atoms. The van der Waals surface area contributed by atoms with Gasteiger partial charge in [0.15, 0.2) is 0 Å². The van der Waals surface area contributed by atoms with E-state index in [9.17, 15) is 4.79 Å². The molecule has 1 aromatic rings. The molecule has 0 aromatic heterocycles. The lowest BCUT2D eigenvalue weighted by Gasteiger charge is -2.25. The SMILES string of the molecule is COc1ccc([C@@H]2C[C@@H](C)N(C(=O)[C@@H]3CCCN3)C2)cc1. The van der Waals surface area contributed by atoms with Gasteiger partial charge in [0, 0.05) is 18.5 Å². The maximum atomic E-state index is 12.6. The monoisotopic (exact) mass is 288 g/mol. The first-order valence-corrected chi connectivity index (χ1v) is 7.87. The van der Waals surface area contributed by atoms with Gasteiger partial charge in [0.05, 0.1) is 13.2 Å². The summed E-state index contributed by atoms with van der Waals surface area (Å²) < 4.78 is 5.21. The quantitative estimate of drug-likeness (QED) is 0.926. The molecule has 0 aliphatic carbocycles. The molecule has 1 amide bonds. The Kier molecular flexibility index (Phi) is 4.15. The molecule has 1 aromatic carbocycles. The number of nitrogens with zero attached hydrogens (tertiary/aromatic N) is 1. The number of amides is 1. The van der Waals surface area contributed by atoms with E-state index < -0.39 is 0 Å². The maximum Gasteiger partial charge on any atom is 0.239 e. The zero-order valence-electron chi connectivity index (χ0n) is 12.8. The Labute approximate surface area is 126 Å². The van der Waals surface area contributed by atoms with Crippen LogP contribution in [0.25, 0.3) is 0 Å². The fraction of sp³-hybridized carbons (Fsp3) is 0.588. The summed E-state index contributed by atoms with van der Waals surface area (Å²) >= 11 is 0. The zero-order valence-corrected chi connectivity index (χ0v) is 12.8. The van der Waals surface area contributed by atoms with Gasteiger partial charge in [-0.05, 0) is 50.4 Å². The van der Waals surface area contributed by atoms with Crippen molar-refractivity contribution in [3.63, 3.8) is 0 Å². The number of hydrogen-bond donors (Lipinski definition) is 1. The predicted molar refractivity (Wildman–Crippen MR) is 82.6 cm³/mol. The lowest BCUT2D eigenvalue weighted by molar-refractivity contribution is -0.133. The highest BCUT2D eigenvalue weighted by Gasteiger charge is 2.36. The Hall–Kier alpha value is -1.55. The van der Waals surface area contributed by atoms with Gasteiger partial charge >= 0.3 is 0 Å². The van der Waals surface area contributed by atoms with Crippen molar-refractivity contribution < 1.29 is 9.53 Å². The number of ether oxygens (including phenoxy) is 1. The van der Waals surface area contributed by atoms with Crippen molar-refractivity contribution in [3.8, 4) is 5.75 Å². The van der Waals surface area contributed by atoms with Crippen molar-refractivity contribution in [2.75, 3.05) is 20.2 Å². The van der Waals surface area contributed by atoms with Gasteiger partial charge in [-0.1, -0.05) is 12.1 Å². The minimum atomic E-state index is 0.0436. The second-order valence-corrected chi connectivity index (χ2v) is 6.19. The number of nitrogens with one attached hydrogen (secondary N) is 1. The summed E-state index contributed by atoms with van der Waals surface area (Å²) in [6.07, 6.45) is 3.14. The van der Waals surface area contributed by atoms with Gasteiger partial charge in [0.2, 0.25) is 5.91 Å². The fourth-order valence-electron chi connectivity index (χ4n) is 3.55. The minimum absolute atomic E-state index is 0.0436. The van der Waals surface area contributed by atoms with E-state index in [0.29, 0.717) is 12.0 Å². The molecule has 0 radical (unpaired) electrons. The lowest BCUT2D eigenvalue weighted by atomic mass is 9.97. The predicted octanol–water partition coefficient (Wildman–Crippen LogP) is 2.15. The summed E-state index contributed by atoms with van der Waals surface area (Å²) in [5, 5.41) is 3.32. The molecular weight excluding hydrogens is 264 g/mol. The van der Waals surface area contributed by atoms with Gasteiger partial charge < -0.3 is 15.0 Å². The summed E-state index contributed by atoms with van der Waals surface area (Å²) in [7, 11) is 1.68. The fourth-order valence-corrected chi connectivity index (χ4v) is 3.55. The Bertz CT molecular complexity index is 494. The molecule has 4 nitrogen and oxygen atoms in total. The second-order valence-electron chi connectivity index (χ2n) is 6.19. The minimum Gasteiger partial charge on any atom is -0.497 e. The molecule has 2 aliphatic rings. The second kappa shape index (κ2) is 6.06. The average molecular weight is 288 g/mol. The van der Waals surface area contributed by atoms with E-state index in [4.69, 9.17) is 4.74 Å². The molecule has 1 N–H and O–H groups in total. The molecular formula is C17H24N2O2. The number of likely N-dealkylation sites (tertiary alicyclic amines) is 1. The van der Waals surface area contributed by atoms with Gasteiger partial charge in [-0.3, -0.25) is 4.79 Å². The summed E-state index contributed by atoms with van der Waals surface area (Å²) in [4.78, 5) is 14.6. The zero-order chi connectivity index (χ0) is 14.8. The molecule has 0 bridgehead atoms. The molecule has 3 atom stereocenters. The van der Waals surface area contributed by atoms with Gasteiger partial charge in [0.25, 0.3) is 0 Å². The van der Waals surface area contributed by atoms with E-state index >= 15 is 0 Å². The molecule has 3 rings (SSSR count). The number of rotatable bonds is 3. The highest BCUT2D eigenvalue weighted by molar-refractivity contribution is 5.82. The number of benzene rings is 1. The molecule has 4 heteroatoms. The summed E-state index contributed by atoms with van der Waals surface area (Å²) in [6, 6.07) is 8.62. The summed E-state index contributed by atoms with van der Waals surface area (Å²) in [6.45, 7) is 3.97. The van der Waals surface area contributed by atoms with Crippen molar-refractivity contribution in [1.82, 2.24) is 10.2 Å². The molecule has 2 saturated heterocycles. The molecule has 21 heavy (non-hydrogen) atoms. The normalized spacial score (nSPS) is 28.9. The third-order valence-corrected chi connectivity index (χ3v) is 4.80. The average Bonchev–Trinajstić information content (AvgIpc) is 3.16. The third-order valence-electron chi connectivity index (χ3n) is 4.80. The molecule has 2 aliphatic heterocycles. The summed E-state index contributed by atoms with van der Waals surface area (Å²) in [5.74, 6) is 1.61. The van der Waals surface area contributed by atoms with Crippen LogP contribution < -0.4 is 10.1 Å². The van der Waals surface area contributed by atoms with Crippen LogP contribution in [0, 0.1) is 0 Å². The first-order valence-electron chi connectivity index (χ1n) is 7.87. The molecule has 114 valence electrons. The van der Waals surface area contributed by atoms with Crippen LogP contribution in [0.5, 0.6) is 5.75 Å². The van der Waals surface area contributed by atoms with Gasteiger partial charge in [-0.25, -0.2) is 0 Å². The number of carbonyl (C=O) groups is 1. The number of carbonyl (C=O) groups excluding carboxylic acids is 1. The highest BCUT2D eigenvalue weighted by Crippen LogP contribution is 2.33. The van der Waals surface area contributed by atoms with Crippen LogP contribution in [0.4, 0.5) is 0 Å². The first kappa shape index (κ1) is 14.4. The van der Waals surface area contributed by atoms with Crippen molar-refractivity contribution >= 4 is 5.91 Å². The lowest BCUT2D eigenvalue weighted by Crippen LogP contribution is -2.45. The van der Waals surface area contributed by atoms with Crippen molar-refractivity contribution in [2.24, 2.45) is 0 Å². The topological polar surface area (TPSA) is 41.6 Å². The Morgan fingerprint density at radius 2 is 2.10 bits per heavy atom. The maximum absolute atomic E-state index is 12.6. The summed E-state index contributed by atoms with van der Waals surface area (Å²) in [5.41, 5.74) is 1.30. The van der Waals surface area contributed by atoms with Gasteiger partial charge in [-0.2, -0.15) is 0 Å². The Balaban J connectivity index is 1.68. The van der Waals surface area contributed by atoms with Crippen LogP contribution in [0.1, 0.15) is 37.7 Å². The number of methoxy groups -OCH3 is 1. The van der Waals surface area contributed by atoms with E-state index in [-0.39, 0.29) is 11.9 Å². The van der Waals surface area contributed by atoms with E-state index in [0.717, 1.165) is 38.1 Å². The molecule has 2 heterocycles. The largest absolute Gasteiger partial charge is 0.497 e. The Morgan fingerprint density at radius 1 is 1.33 bits per heavy atom. The third kappa shape index (κ3) is 2.91. The van der Waals surface area contributed by atoms with E-state index in [1.54, 1.807) is 7.11 Å². The van der Waals surface area contributed by atoms with Gasteiger partial charge in [0.1, 0.15) is 5.75 Å². The smallest absolute Gasteiger partial charge is 0.239 e. The standard InChI is InChI=1S/C17H24N2O2/c1-12-10-14(13-5-7-15(21-2)8-6-13)11-19(12)17(20)16-4-3-9-18-16/h5-8,12,14,16,18H,3-4,9-11H2,1-2H3/t12-,14-,16+/m1/s1. The van der Waals surface area contributed by atoms with Crippen LogP contribution >= 0.6 is 0 Å². The van der Waals surface area contributed by atoms with Crippen LogP contribution in [-0.2, 0) is 4.79 Å². The molecule has 0 saturated carbocycles. The Morgan fingerprint density at radius 3 is 2.71 bits per heavy atom. The van der Waals surface area contributed by atoms with E-state index in [2.05, 4.69) is 29.3 Å². The molecule has 2 fully saturated rings. The molecule has 0 unspecified atom stereocenters. The van der Waals surface area contributed by atoms with Crippen LogP contribution in [-0.4, -0.2) is 43.1 Å². The van der Waals surface area contributed by atoms with Crippen molar-refractivity contribution in [3.05, 3.63) is 29.8 Å². The van der Waals surface area contributed by atoms with Gasteiger partial charge in [-0.15, -0.1) is 0 Å². The van der Waals surface area contributed by atoms with Crippen LogP contribution in [0.2, 0.25) is 0 Å². The van der Waals surface area contributed by atoms with E-state index in [1.807, 2.05) is 12.1 Å². The van der Waals surface area contributed by atoms with Crippen LogP contribution in [0.15, 0.2) is 24.3 Å². The van der Waals surface area contributed by atoms with Crippen LogP contribution in [0.3, 0.4) is 0 Å². The van der Waals surface area contributed by atoms with E-state index in [1.165, 1.54) is 5.56 Å². The van der Waals surface area contributed by atoms with Crippen molar-refractivity contribution in [2.45, 2.75) is 44.2 Å². The first-order chi connectivity index (χ1) is 10.2. The van der Waals surface area contributed by atoms with Crippen molar-refractivity contribution in [1.29, 1.82) is 0 Å². The highest BCUT2D eigenvalue weighted by atomic mass is 16.5.